The second-order valence-corrected chi connectivity index (χ2v) is 7.26. The molecule has 2 unspecified atom stereocenters. The van der Waals surface area contributed by atoms with E-state index in [0.717, 1.165) is 11.4 Å². The predicted octanol–water partition coefficient (Wildman–Crippen LogP) is 4.38. The third-order valence-electron chi connectivity index (χ3n) is 5.17. The van der Waals surface area contributed by atoms with Crippen LogP contribution in [-0.4, -0.2) is 19.1 Å². The van der Waals surface area contributed by atoms with E-state index in [4.69, 9.17) is 4.74 Å². The van der Waals surface area contributed by atoms with Gasteiger partial charge in [0.2, 0.25) is 5.91 Å². The first-order valence-electron chi connectivity index (χ1n) is 9.26. The van der Waals surface area contributed by atoms with Crippen molar-refractivity contribution in [3.05, 3.63) is 59.2 Å². The molecule has 2 atom stereocenters. The van der Waals surface area contributed by atoms with E-state index in [9.17, 15) is 4.79 Å². The van der Waals surface area contributed by atoms with Crippen molar-refractivity contribution < 1.29 is 9.53 Å². The van der Waals surface area contributed by atoms with Crippen molar-refractivity contribution in [3.63, 3.8) is 0 Å². The monoisotopic (exact) mass is 352 g/mol. The van der Waals surface area contributed by atoms with Crippen LogP contribution in [0.15, 0.2) is 42.5 Å². The maximum atomic E-state index is 12.6. The number of hydrogen-bond acceptors (Lipinski definition) is 3. The molecule has 0 bridgehead atoms. The maximum Gasteiger partial charge on any atom is 0.241 e. The highest BCUT2D eigenvalue weighted by Gasteiger charge is 2.34. The zero-order valence-corrected chi connectivity index (χ0v) is 16.0. The molecule has 4 nitrogen and oxygen atoms in total. The SMILES string of the molecule is COc1ccc(C(NC(C)C(=O)Nc2ccc(C)c(C)c2)C2CC2)cc1. The number of carbonyl (C=O) groups excluding carboxylic acids is 1. The fraction of sp³-hybridized carbons (Fsp3) is 0.409. The van der Waals surface area contributed by atoms with Gasteiger partial charge in [-0.25, -0.2) is 0 Å². The molecule has 1 saturated carbocycles. The summed E-state index contributed by atoms with van der Waals surface area (Å²) in [6.07, 6.45) is 2.41. The molecule has 0 spiro atoms. The number of ether oxygens (including phenoxy) is 1. The number of anilines is 1. The van der Waals surface area contributed by atoms with E-state index >= 15 is 0 Å². The molecule has 1 amide bonds. The average molecular weight is 352 g/mol. The molecule has 2 aromatic carbocycles. The highest BCUT2D eigenvalue weighted by molar-refractivity contribution is 5.94. The molecule has 0 aliphatic heterocycles. The van der Waals surface area contributed by atoms with Crippen LogP contribution in [0.2, 0.25) is 0 Å². The van der Waals surface area contributed by atoms with E-state index in [1.54, 1.807) is 7.11 Å². The van der Waals surface area contributed by atoms with E-state index in [1.807, 2.05) is 37.3 Å². The van der Waals surface area contributed by atoms with Gasteiger partial charge in [-0.05, 0) is 80.5 Å². The van der Waals surface area contributed by atoms with Gasteiger partial charge in [0.25, 0.3) is 0 Å². The Morgan fingerprint density at radius 1 is 1.08 bits per heavy atom. The molecule has 26 heavy (non-hydrogen) atoms. The van der Waals surface area contributed by atoms with E-state index < -0.39 is 0 Å². The van der Waals surface area contributed by atoms with Gasteiger partial charge in [-0.15, -0.1) is 0 Å². The number of aryl methyl sites for hydroxylation is 2. The first-order chi connectivity index (χ1) is 12.5. The summed E-state index contributed by atoms with van der Waals surface area (Å²) in [7, 11) is 1.67. The minimum atomic E-state index is -0.274. The van der Waals surface area contributed by atoms with Gasteiger partial charge >= 0.3 is 0 Å². The van der Waals surface area contributed by atoms with Crippen molar-refractivity contribution in [1.82, 2.24) is 5.32 Å². The second kappa shape index (κ2) is 7.92. The van der Waals surface area contributed by atoms with E-state index in [2.05, 4.69) is 36.6 Å². The summed E-state index contributed by atoms with van der Waals surface area (Å²) in [5.74, 6) is 1.44. The van der Waals surface area contributed by atoms with Crippen molar-refractivity contribution in [2.24, 2.45) is 5.92 Å². The van der Waals surface area contributed by atoms with Crippen molar-refractivity contribution >= 4 is 11.6 Å². The molecule has 0 radical (unpaired) electrons. The number of methoxy groups -OCH3 is 1. The van der Waals surface area contributed by atoms with Crippen molar-refractivity contribution in [2.45, 2.75) is 45.7 Å². The van der Waals surface area contributed by atoms with Crippen molar-refractivity contribution in [1.29, 1.82) is 0 Å². The number of carbonyl (C=O) groups is 1. The van der Waals surface area contributed by atoms with Crippen LogP contribution in [-0.2, 0) is 4.79 Å². The highest BCUT2D eigenvalue weighted by Crippen LogP contribution is 2.41. The van der Waals surface area contributed by atoms with E-state index in [0.29, 0.717) is 5.92 Å². The van der Waals surface area contributed by atoms with E-state index in [1.165, 1.54) is 29.5 Å². The van der Waals surface area contributed by atoms with Crippen molar-refractivity contribution in [3.8, 4) is 5.75 Å². The van der Waals surface area contributed by atoms with Gasteiger partial charge in [-0.3, -0.25) is 10.1 Å². The third kappa shape index (κ3) is 4.44. The fourth-order valence-corrected chi connectivity index (χ4v) is 3.16. The van der Waals surface area contributed by atoms with E-state index in [-0.39, 0.29) is 18.0 Å². The Balaban J connectivity index is 1.66. The first kappa shape index (κ1) is 18.5. The summed E-state index contributed by atoms with van der Waals surface area (Å²) in [5, 5.41) is 6.55. The van der Waals surface area contributed by atoms with Crippen LogP contribution in [0.25, 0.3) is 0 Å². The lowest BCUT2D eigenvalue weighted by Crippen LogP contribution is -2.40. The summed E-state index contributed by atoms with van der Waals surface area (Å²) in [5.41, 5.74) is 4.46. The number of nitrogens with one attached hydrogen (secondary N) is 2. The topological polar surface area (TPSA) is 50.4 Å². The van der Waals surface area contributed by atoms with Gasteiger partial charge in [0.1, 0.15) is 5.75 Å². The standard InChI is InChI=1S/C22H28N2O2/c1-14-5-10-19(13-15(14)2)24-22(25)16(3)23-21(17-6-7-17)18-8-11-20(26-4)12-9-18/h5,8-13,16-17,21,23H,6-7H2,1-4H3,(H,24,25). The number of amides is 1. The molecule has 1 fully saturated rings. The molecule has 2 N–H and O–H groups in total. The minimum absolute atomic E-state index is 0.00702. The Bertz CT molecular complexity index is 766. The summed E-state index contributed by atoms with van der Waals surface area (Å²) >= 11 is 0. The molecule has 4 heteroatoms. The van der Waals surface area contributed by atoms with Crippen LogP contribution in [0.1, 0.15) is 42.5 Å². The van der Waals surface area contributed by atoms with Gasteiger partial charge < -0.3 is 10.1 Å². The smallest absolute Gasteiger partial charge is 0.241 e. The lowest BCUT2D eigenvalue weighted by molar-refractivity contribution is -0.118. The Morgan fingerprint density at radius 3 is 2.35 bits per heavy atom. The van der Waals surface area contributed by atoms with Gasteiger partial charge in [0, 0.05) is 11.7 Å². The molecular weight excluding hydrogens is 324 g/mol. The molecule has 0 saturated heterocycles. The molecule has 1 aliphatic rings. The summed E-state index contributed by atoms with van der Waals surface area (Å²) in [4.78, 5) is 12.6. The van der Waals surface area contributed by atoms with Gasteiger partial charge in [-0.1, -0.05) is 18.2 Å². The zero-order valence-electron chi connectivity index (χ0n) is 16.0. The number of rotatable bonds is 7. The van der Waals surface area contributed by atoms with Gasteiger partial charge in [0.15, 0.2) is 0 Å². The van der Waals surface area contributed by atoms with Crippen LogP contribution in [0, 0.1) is 19.8 Å². The van der Waals surface area contributed by atoms with Crippen LogP contribution in [0.3, 0.4) is 0 Å². The summed E-state index contributed by atoms with van der Waals surface area (Å²) in [6.45, 7) is 6.05. The lowest BCUT2D eigenvalue weighted by atomic mass is 10.0. The fourth-order valence-electron chi connectivity index (χ4n) is 3.16. The van der Waals surface area contributed by atoms with Crippen LogP contribution >= 0.6 is 0 Å². The average Bonchev–Trinajstić information content (AvgIpc) is 3.47. The first-order valence-corrected chi connectivity index (χ1v) is 9.26. The normalized spacial score (nSPS) is 16.0. The predicted molar refractivity (Wildman–Crippen MR) is 106 cm³/mol. The second-order valence-electron chi connectivity index (χ2n) is 7.26. The Kier molecular flexibility index (Phi) is 5.62. The molecular formula is C22H28N2O2. The molecule has 3 rings (SSSR count). The number of hydrogen-bond donors (Lipinski definition) is 2. The minimum Gasteiger partial charge on any atom is -0.497 e. The van der Waals surface area contributed by atoms with Crippen LogP contribution < -0.4 is 15.4 Å². The van der Waals surface area contributed by atoms with Crippen molar-refractivity contribution in [2.75, 3.05) is 12.4 Å². The maximum absolute atomic E-state index is 12.6. The molecule has 0 heterocycles. The molecule has 138 valence electrons. The Hall–Kier alpha value is -2.33. The molecule has 1 aliphatic carbocycles. The van der Waals surface area contributed by atoms with Gasteiger partial charge in [0.05, 0.1) is 13.2 Å². The molecule has 2 aromatic rings. The Labute approximate surface area is 156 Å². The summed E-state index contributed by atoms with van der Waals surface area (Å²) < 4.78 is 5.24. The Morgan fingerprint density at radius 2 is 1.77 bits per heavy atom. The van der Waals surface area contributed by atoms with Crippen LogP contribution in [0.5, 0.6) is 5.75 Å². The molecule has 0 aromatic heterocycles. The lowest BCUT2D eigenvalue weighted by Gasteiger charge is -2.23. The van der Waals surface area contributed by atoms with Crippen LogP contribution in [0.4, 0.5) is 5.69 Å². The number of benzene rings is 2. The zero-order chi connectivity index (χ0) is 18.7. The highest BCUT2D eigenvalue weighted by atomic mass is 16.5. The van der Waals surface area contributed by atoms with Gasteiger partial charge in [-0.2, -0.15) is 0 Å². The third-order valence-corrected chi connectivity index (χ3v) is 5.17. The quantitative estimate of drug-likeness (QED) is 0.777. The largest absolute Gasteiger partial charge is 0.497 e. The summed E-state index contributed by atoms with van der Waals surface area (Å²) in [6, 6.07) is 14.1.